The maximum absolute atomic E-state index is 5.83. The van der Waals surface area contributed by atoms with Gasteiger partial charge in [-0.3, -0.25) is 4.90 Å². The van der Waals surface area contributed by atoms with Gasteiger partial charge in [0.2, 0.25) is 0 Å². The minimum absolute atomic E-state index is 0.754. The molecule has 25 heavy (non-hydrogen) atoms. The third-order valence-corrected chi connectivity index (χ3v) is 4.21. The van der Waals surface area contributed by atoms with Crippen LogP contribution in [0.2, 0.25) is 0 Å². The van der Waals surface area contributed by atoms with Crippen LogP contribution in [0.3, 0.4) is 0 Å². The smallest absolute Gasteiger partial charge is 0.119 e. The Morgan fingerprint density at radius 1 is 0.960 bits per heavy atom. The number of nitrogens with one attached hydrogen (secondary N) is 2. The number of ether oxygens (including phenoxy) is 2. The Kier molecular flexibility index (Phi) is 7.12. The molecule has 1 aliphatic rings. The van der Waals surface area contributed by atoms with Crippen molar-refractivity contribution < 1.29 is 9.47 Å². The largest absolute Gasteiger partial charge is 0.494 e. The Bertz CT molecular complexity index is 598. The van der Waals surface area contributed by atoms with Gasteiger partial charge in [0.15, 0.2) is 0 Å². The first-order valence-corrected chi connectivity index (χ1v) is 8.96. The third-order valence-electron chi connectivity index (χ3n) is 4.21. The van der Waals surface area contributed by atoms with Crippen LogP contribution in [0.5, 0.6) is 5.75 Å². The van der Waals surface area contributed by atoms with Gasteiger partial charge in [-0.15, -0.1) is 0 Å². The van der Waals surface area contributed by atoms with Crippen LogP contribution >= 0.6 is 0 Å². The monoisotopic (exact) mass is 341 g/mol. The van der Waals surface area contributed by atoms with Crippen molar-refractivity contribution in [2.75, 3.05) is 44.9 Å². The van der Waals surface area contributed by atoms with Crippen LogP contribution in [0.25, 0.3) is 0 Å². The van der Waals surface area contributed by atoms with E-state index in [1.54, 1.807) is 0 Å². The van der Waals surface area contributed by atoms with Crippen LogP contribution in [-0.4, -0.2) is 44.4 Å². The molecule has 0 radical (unpaired) electrons. The van der Waals surface area contributed by atoms with E-state index in [0.29, 0.717) is 0 Å². The van der Waals surface area contributed by atoms with Crippen LogP contribution in [0.1, 0.15) is 12.0 Å². The van der Waals surface area contributed by atoms with Crippen molar-refractivity contribution in [2.45, 2.75) is 13.0 Å². The third kappa shape index (κ3) is 6.38. The lowest BCUT2D eigenvalue weighted by molar-refractivity contribution is 0.0358. The molecule has 0 aromatic heterocycles. The zero-order valence-corrected chi connectivity index (χ0v) is 14.6. The molecule has 5 nitrogen and oxygen atoms in total. The van der Waals surface area contributed by atoms with Gasteiger partial charge in [0.25, 0.3) is 0 Å². The molecule has 0 saturated carbocycles. The summed E-state index contributed by atoms with van der Waals surface area (Å²) in [6.45, 7) is 6.38. The Morgan fingerprint density at radius 3 is 2.48 bits per heavy atom. The van der Waals surface area contributed by atoms with Crippen molar-refractivity contribution in [3.8, 4) is 5.75 Å². The minimum Gasteiger partial charge on any atom is -0.494 e. The van der Waals surface area contributed by atoms with Crippen molar-refractivity contribution in [2.24, 2.45) is 0 Å². The number of rotatable bonds is 9. The van der Waals surface area contributed by atoms with Crippen molar-refractivity contribution in [3.05, 3.63) is 60.2 Å². The summed E-state index contributed by atoms with van der Waals surface area (Å²) in [5.41, 5.74) is 8.68. The molecule has 0 atom stereocenters. The second kappa shape index (κ2) is 10.0. The van der Waals surface area contributed by atoms with Gasteiger partial charge < -0.3 is 14.9 Å². The summed E-state index contributed by atoms with van der Waals surface area (Å²) in [6, 6.07) is 18.3. The van der Waals surface area contributed by atoms with Crippen LogP contribution in [-0.2, 0) is 11.3 Å². The minimum atomic E-state index is 0.754. The van der Waals surface area contributed by atoms with E-state index in [2.05, 4.69) is 27.9 Å². The molecule has 5 heteroatoms. The molecule has 0 aliphatic carbocycles. The molecule has 0 spiro atoms. The summed E-state index contributed by atoms with van der Waals surface area (Å²) < 4.78 is 11.2. The van der Waals surface area contributed by atoms with Crippen LogP contribution in [0.4, 0.5) is 5.69 Å². The molecule has 1 heterocycles. The molecule has 1 saturated heterocycles. The molecule has 0 bridgehead atoms. The molecule has 1 fully saturated rings. The number of para-hydroxylation sites is 1. The molecular formula is C20H27N3O2. The Labute approximate surface area is 149 Å². The topological polar surface area (TPSA) is 45.8 Å². The van der Waals surface area contributed by atoms with Crippen molar-refractivity contribution in [1.29, 1.82) is 0 Å². The number of morpholine rings is 1. The number of anilines is 1. The summed E-state index contributed by atoms with van der Waals surface area (Å²) in [5, 5.41) is 0. The SMILES string of the molecule is c1ccc(NNCc2ccc(OCCCN3CCOCC3)cc2)cc1. The molecule has 134 valence electrons. The van der Waals surface area contributed by atoms with Crippen LogP contribution in [0, 0.1) is 0 Å². The predicted molar refractivity (Wildman–Crippen MR) is 101 cm³/mol. The molecular weight excluding hydrogens is 314 g/mol. The Hall–Kier alpha value is -2.08. The number of hydrogen-bond donors (Lipinski definition) is 2. The van der Waals surface area contributed by atoms with Crippen LogP contribution < -0.4 is 15.6 Å². The maximum atomic E-state index is 5.83. The highest BCUT2D eigenvalue weighted by Gasteiger charge is 2.09. The summed E-state index contributed by atoms with van der Waals surface area (Å²) >= 11 is 0. The number of hydrogen-bond acceptors (Lipinski definition) is 5. The fraction of sp³-hybridized carbons (Fsp3) is 0.400. The lowest BCUT2D eigenvalue weighted by Gasteiger charge is -2.26. The van der Waals surface area contributed by atoms with Crippen molar-refractivity contribution in [3.63, 3.8) is 0 Å². The summed E-state index contributed by atoms with van der Waals surface area (Å²) in [6.07, 6.45) is 1.05. The van der Waals surface area contributed by atoms with Crippen LogP contribution in [0.15, 0.2) is 54.6 Å². The highest BCUT2D eigenvalue weighted by atomic mass is 16.5. The highest BCUT2D eigenvalue weighted by molar-refractivity contribution is 5.41. The standard InChI is InChI=1S/C20H27N3O2/c1-2-5-19(6-3-1)22-21-17-18-7-9-20(10-8-18)25-14-4-11-23-12-15-24-16-13-23/h1-3,5-10,21-22H,4,11-17H2. The average Bonchev–Trinajstić information content (AvgIpc) is 2.68. The molecule has 2 aromatic rings. The lowest BCUT2D eigenvalue weighted by Crippen LogP contribution is -2.37. The molecule has 1 aliphatic heterocycles. The molecule has 2 N–H and O–H groups in total. The second-order valence-corrected chi connectivity index (χ2v) is 6.14. The number of hydrazine groups is 1. The first-order valence-electron chi connectivity index (χ1n) is 8.96. The van der Waals surface area contributed by atoms with Gasteiger partial charge in [0, 0.05) is 31.9 Å². The number of nitrogens with zero attached hydrogens (tertiary/aromatic N) is 1. The quantitative estimate of drug-likeness (QED) is 0.542. The summed E-state index contributed by atoms with van der Waals surface area (Å²) in [4.78, 5) is 2.43. The predicted octanol–water partition coefficient (Wildman–Crippen LogP) is 2.90. The van der Waals surface area contributed by atoms with Gasteiger partial charge in [-0.1, -0.05) is 30.3 Å². The first kappa shape index (κ1) is 17.7. The molecule has 0 amide bonds. The van der Waals surface area contributed by atoms with E-state index in [1.807, 2.05) is 42.5 Å². The molecule has 2 aromatic carbocycles. The van der Waals surface area contributed by atoms with Gasteiger partial charge in [0.1, 0.15) is 5.75 Å². The van der Waals surface area contributed by atoms with E-state index < -0.39 is 0 Å². The fourth-order valence-electron chi connectivity index (χ4n) is 2.78. The Balaban J connectivity index is 1.31. The van der Waals surface area contributed by atoms with Gasteiger partial charge in [-0.2, -0.15) is 0 Å². The summed E-state index contributed by atoms with van der Waals surface area (Å²) in [5.74, 6) is 0.932. The number of benzene rings is 2. The van der Waals surface area contributed by atoms with Gasteiger partial charge >= 0.3 is 0 Å². The van der Waals surface area contributed by atoms with E-state index in [0.717, 1.165) is 63.9 Å². The second-order valence-electron chi connectivity index (χ2n) is 6.14. The zero-order chi connectivity index (χ0) is 17.2. The summed E-state index contributed by atoms with van der Waals surface area (Å²) in [7, 11) is 0. The average molecular weight is 341 g/mol. The van der Waals surface area contributed by atoms with Crippen molar-refractivity contribution in [1.82, 2.24) is 10.3 Å². The highest BCUT2D eigenvalue weighted by Crippen LogP contribution is 2.13. The molecule has 0 unspecified atom stereocenters. The van der Waals surface area contributed by atoms with E-state index in [1.165, 1.54) is 5.56 Å². The normalized spacial score (nSPS) is 15.0. The van der Waals surface area contributed by atoms with Gasteiger partial charge in [-0.05, 0) is 36.2 Å². The van der Waals surface area contributed by atoms with Gasteiger partial charge in [-0.25, -0.2) is 5.43 Å². The zero-order valence-electron chi connectivity index (χ0n) is 14.6. The maximum Gasteiger partial charge on any atom is 0.119 e. The fourth-order valence-corrected chi connectivity index (χ4v) is 2.78. The van der Waals surface area contributed by atoms with E-state index >= 15 is 0 Å². The Morgan fingerprint density at radius 2 is 1.72 bits per heavy atom. The van der Waals surface area contributed by atoms with Gasteiger partial charge in [0.05, 0.1) is 19.8 Å². The van der Waals surface area contributed by atoms with E-state index in [-0.39, 0.29) is 0 Å². The molecule has 3 rings (SSSR count). The van der Waals surface area contributed by atoms with E-state index in [9.17, 15) is 0 Å². The first-order chi connectivity index (χ1) is 12.4. The van der Waals surface area contributed by atoms with Crippen molar-refractivity contribution >= 4 is 5.69 Å². The lowest BCUT2D eigenvalue weighted by atomic mass is 10.2. The van der Waals surface area contributed by atoms with E-state index in [4.69, 9.17) is 9.47 Å².